The summed E-state index contributed by atoms with van der Waals surface area (Å²) in [6.45, 7) is 11.1. The van der Waals surface area contributed by atoms with E-state index in [1.165, 1.54) is 64.3 Å². The van der Waals surface area contributed by atoms with Gasteiger partial charge >= 0.3 is 0 Å². The van der Waals surface area contributed by atoms with Gasteiger partial charge in [-0.05, 0) is 51.4 Å². The zero-order chi connectivity index (χ0) is 15.0. The molecule has 1 aliphatic carbocycles. The second kappa shape index (κ2) is 6.20. The Kier molecular flexibility index (Phi) is 4.66. The minimum absolute atomic E-state index is 0.298. The van der Waals surface area contributed by atoms with E-state index in [4.69, 9.17) is 0 Å². The Bertz CT molecular complexity index is 325. The monoisotopic (exact) mass is 292 g/mol. The van der Waals surface area contributed by atoms with Gasteiger partial charge in [0.1, 0.15) is 0 Å². The molecule has 3 fully saturated rings. The molecule has 1 saturated carbocycles. The highest BCUT2D eigenvalue weighted by Crippen LogP contribution is 2.46. The first-order valence-corrected chi connectivity index (χ1v) is 9.59. The van der Waals surface area contributed by atoms with E-state index in [1.54, 1.807) is 0 Å². The lowest BCUT2D eigenvalue weighted by molar-refractivity contribution is -0.117. The molecule has 2 heteroatoms. The van der Waals surface area contributed by atoms with Crippen LogP contribution in [-0.2, 0) is 0 Å². The van der Waals surface area contributed by atoms with Crippen molar-refractivity contribution >= 4 is 0 Å². The largest absolute Gasteiger partial charge is 0.238 e. The number of fused-ring (bicyclic) bond motifs is 3. The maximum Gasteiger partial charge on any atom is 0.0326 e. The molecule has 2 saturated heterocycles. The molecule has 3 unspecified atom stereocenters. The van der Waals surface area contributed by atoms with Gasteiger partial charge in [0.2, 0.25) is 0 Å². The van der Waals surface area contributed by atoms with Crippen LogP contribution in [-0.4, -0.2) is 34.2 Å². The van der Waals surface area contributed by atoms with Gasteiger partial charge in [-0.25, -0.2) is 10.0 Å². The Morgan fingerprint density at radius 2 is 1.43 bits per heavy atom. The lowest BCUT2D eigenvalue weighted by Crippen LogP contribution is -2.57. The van der Waals surface area contributed by atoms with Gasteiger partial charge < -0.3 is 0 Å². The van der Waals surface area contributed by atoms with E-state index in [9.17, 15) is 0 Å². The van der Waals surface area contributed by atoms with Crippen molar-refractivity contribution < 1.29 is 0 Å². The fraction of sp³-hybridized carbons (Fsp3) is 1.00. The summed E-state index contributed by atoms with van der Waals surface area (Å²) in [6.07, 6.45) is 13.1. The summed E-state index contributed by atoms with van der Waals surface area (Å²) < 4.78 is 0. The predicted octanol–water partition coefficient (Wildman–Crippen LogP) is 4.85. The first-order valence-electron chi connectivity index (χ1n) is 9.59. The van der Waals surface area contributed by atoms with E-state index in [1.807, 2.05) is 0 Å². The van der Waals surface area contributed by atoms with Crippen LogP contribution in [0, 0.1) is 11.8 Å². The fourth-order valence-corrected chi connectivity index (χ4v) is 5.10. The Hall–Kier alpha value is -0.0800. The third-order valence-corrected chi connectivity index (χ3v) is 6.89. The van der Waals surface area contributed by atoms with Crippen LogP contribution in [0.3, 0.4) is 0 Å². The van der Waals surface area contributed by atoms with Crippen molar-refractivity contribution in [2.75, 3.05) is 6.54 Å². The van der Waals surface area contributed by atoms with Gasteiger partial charge in [0, 0.05) is 24.2 Å². The molecular weight excluding hydrogens is 256 g/mol. The molecule has 2 nitrogen and oxygen atoms in total. The van der Waals surface area contributed by atoms with Crippen LogP contribution < -0.4 is 0 Å². The van der Waals surface area contributed by atoms with Crippen LogP contribution in [0.25, 0.3) is 0 Å². The third-order valence-electron chi connectivity index (χ3n) is 6.89. The molecule has 3 aliphatic rings. The van der Waals surface area contributed by atoms with Crippen molar-refractivity contribution in [3.05, 3.63) is 0 Å². The highest BCUT2D eigenvalue weighted by molar-refractivity contribution is 5.02. The number of rotatable bonds is 2. The first kappa shape index (κ1) is 15.8. The zero-order valence-corrected chi connectivity index (χ0v) is 14.8. The maximum absolute atomic E-state index is 2.89. The van der Waals surface area contributed by atoms with Crippen molar-refractivity contribution in [2.45, 2.75) is 103 Å². The average molecular weight is 293 g/mol. The van der Waals surface area contributed by atoms with Crippen LogP contribution in [0.1, 0.15) is 85.5 Å². The molecule has 0 aromatic carbocycles. The normalized spacial score (nSPS) is 36.1. The summed E-state index contributed by atoms with van der Waals surface area (Å²) in [7, 11) is 0. The highest BCUT2D eigenvalue weighted by atomic mass is 15.7. The van der Waals surface area contributed by atoms with Crippen molar-refractivity contribution in [1.29, 1.82) is 0 Å². The number of hydrazine groups is 1. The van der Waals surface area contributed by atoms with Crippen molar-refractivity contribution in [1.82, 2.24) is 10.0 Å². The molecule has 0 radical (unpaired) electrons. The lowest BCUT2D eigenvalue weighted by atomic mass is 9.84. The SMILES string of the molecule is CC(C)C(C)(C)N1C2CCCCCC2C2CCCCCN21. The van der Waals surface area contributed by atoms with E-state index in [-0.39, 0.29) is 0 Å². The van der Waals surface area contributed by atoms with Gasteiger partial charge in [-0.15, -0.1) is 0 Å². The minimum atomic E-state index is 0.298. The van der Waals surface area contributed by atoms with Gasteiger partial charge in [-0.1, -0.05) is 46.0 Å². The van der Waals surface area contributed by atoms with Crippen molar-refractivity contribution in [2.24, 2.45) is 11.8 Å². The Morgan fingerprint density at radius 3 is 2.14 bits per heavy atom. The molecule has 3 atom stereocenters. The first-order chi connectivity index (χ1) is 10.0. The molecule has 0 aromatic heterocycles. The van der Waals surface area contributed by atoms with Gasteiger partial charge in [0.25, 0.3) is 0 Å². The summed E-state index contributed by atoms with van der Waals surface area (Å²) in [4.78, 5) is 0. The summed E-state index contributed by atoms with van der Waals surface area (Å²) in [5.74, 6) is 1.66. The minimum Gasteiger partial charge on any atom is -0.238 e. The van der Waals surface area contributed by atoms with Crippen LogP contribution in [0.15, 0.2) is 0 Å². The molecule has 3 rings (SSSR count). The highest BCUT2D eigenvalue weighted by Gasteiger charge is 2.52. The molecule has 0 bridgehead atoms. The van der Waals surface area contributed by atoms with Gasteiger partial charge in [0.15, 0.2) is 0 Å². The summed E-state index contributed by atoms with van der Waals surface area (Å²) in [5.41, 5.74) is 0.298. The number of hydrogen-bond donors (Lipinski definition) is 0. The topological polar surface area (TPSA) is 6.48 Å². The molecule has 21 heavy (non-hydrogen) atoms. The molecular formula is C19H36N2. The second-order valence-electron chi connectivity index (χ2n) is 8.60. The average Bonchev–Trinajstić information content (AvgIpc) is 2.67. The maximum atomic E-state index is 2.89. The van der Waals surface area contributed by atoms with Crippen molar-refractivity contribution in [3.63, 3.8) is 0 Å². The molecule has 2 heterocycles. The molecule has 0 amide bonds. The summed E-state index contributed by atoms with van der Waals surface area (Å²) in [6, 6.07) is 1.68. The van der Waals surface area contributed by atoms with Crippen molar-refractivity contribution in [3.8, 4) is 0 Å². The van der Waals surface area contributed by atoms with Gasteiger partial charge in [-0.3, -0.25) is 0 Å². The Morgan fingerprint density at radius 1 is 0.810 bits per heavy atom. The summed E-state index contributed by atoms with van der Waals surface area (Å²) >= 11 is 0. The third kappa shape index (κ3) is 2.79. The predicted molar refractivity (Wildman–Crippen MR) is 90.1 cm³/mol. The van der Waals surface area contributed by atoms with E-state index < -0.39 is 0 Å². The van der Waals surface area contributed by atoms with E-state index in [2.05, 4.69) is 37.7 Å². The standard InChI is InChI=1S/C19H36N2/c1-15(2)19(3,4)21-18-13-8-5-7-11-16(18)17-12-9-6-10-14-20(17)21/h15-18H,5-14H2,1-4H3. The number of nitrogens with zero attached hydrogens (tertiary/aromatic N) is 2. The smallest absolute Gasteiger partial charge is 0.0326 e. The van der Waals surface area contributed by atoms with E-state index in [0.717, 1.165) is 18.0 Å². The van der Waals surface area contributed by atoms with Crippen LogP contribution in [0.5, 0.6) is 0 Å². The molecule has 2 aliphatic heterocycles. The quantitative estimate of drug-likeness (QED) is 0.718. The second-order valence-corrected chi connectivity index (χ2v) is 8.60. The van der Waals surface area contributed by atoms with Gasteiger partial charge in [-0.2, -0.15) is 0 Å². The molecule has 122 valence electrons. The number of hydrogen-bond acceptors (Lipinski definition) is 2. The zero-order valence-electron chi connectivity index (χ0n) is 14.8. The van der Waals surface area contributed by atoms with E-state index >= 15 is 0 Å². The molecule has 0 N–H and O–H groups in total. The molecule has 0 aromatic rings. The van der Waals surface area contributed by atoms with Gasteiger partial charge in [0.05, 0.1) is 0 Å². The Balaban J connectivity index is 1.94. The van der Waals surface area contributed by atoms with Crippen LogP contribution >= 0.6 is 0 Å². The van der Waals surface area contributed by atoms with Crippen LogP contribution in [0.2, 0.25) is 0 Å². The van der Waals surface area contributed by atoms with Crippen LogP contribution in [0.4, 0.5) is 0 Å². The summed E-state index contributed by atoms with van der Waals surface area (Å²) in [5, 5.41) is 5.75. The molecule has 0 spiro atoms. The lowest BCUT2D eigenvalue weighted by Gasteiger charge is -2.48. The Labute approximate surface area is 132 Å². The fourth-order valence-electron chi connectivity index (χ4n) is 5.10. The van der Waals surface area contributed by atoms with E-state index in [0.29, 0.717) is 11.5 Å².